The maximum atomic E-state index is 14.6. The number of carbonyl (C=O) groups is 1. The number of rotatable bonds is 1. The number of hydrogen-bond donors (Lipinski definition) is 1. The van der Waals surface area contributed by atoms with E-state index >= 15 is 0 Å². The minimum Gasteiger partial charge on any atom is -0.451 e. The van der Waals surface area contributed by atoms with Crippen molar-refractivity contribution in [2.45, 2.75) is 0 Å². The molecule has 108 valence electrons. The third-order valence-corrected chi connectivity index (χ3v) is 3.55. The fraction of sp³-hybridized carbons (Fsp3) is 0. The van der Waals surface area contributed by atoms with E-state index in [1.807, 2.05) is 0 Å². The SMILES string of the molecule is NC(=O)n1nc(-c2oc3ccccc3c2F)c2ccccc21. The molecule has 1 amide bonds. The molecule has 5 nitrogen and oxygen atoms in total. The highest BCUT2D eigenvalue weighted by Gasteiger charge is 2.22. The lowest BCUT2D eigenvalue weighted by Crippen LogP contribution is -2.20. The first-order chi connectivity index (χ1) is 10.7. The second-order valence-corrected chi connectivity index (χ2v) is 4.86. The summed E-state index contributed by atoms with van der Waals surface area (Å²) in [6.45, 7) is 0. The van der Waals surface area contributed by atoms with Gasteiger partial charge in [0.05, 0.1) is 10.9 Å². The number of hydrogen-bond acceptors (Lipinski definition) is 3. The molecule has 2 heterocycles. The lowest BCUT2D eigenvalue weighted by Gasteiger charge is -1.94. The number of nitrogens with zero attached hydrogens (tertiary/aromatic N) is 2. The van der Waals surface area contributed by atoms with E-state index in [0.717, 1.165) is 4.68 Å². The van der Waals surface area contributed by atoms with Crippen LogP contribution in [0.25, 0.3) is 33.3 Å². The molecule has 0 aliphatic carbocycles. The number of fused-ring (bicyclic) bond motifs is 2. The molecule has 0 aliphatic heterocycles. The van der Waals surface area contributed by atoms with Crippen molar-refractivity contribution in [3.8, 4) is 11.5 Å². The zero-order valence-corrected chi connectivity index (χ0v) is 11.3. The maximum absolute atomic E-state index is 14.6. The highest BCUT2D eigenvalue weighted by Crippen LogP contribution is 2.35. The maximum Gasteiger partial charge on any atom is 0.340 e. The highest BCUT2D eigenvalue weighted by atomic mass is 19.1. The number of halogens is 1. The summed E-state index contributed by atoms with van der Waals surface area (Å²) < 4.78 is 21.2. The van der Waals surface area contributed by atoms with Crippen LogP contribution in [0.3, 0.4) is 0 Å². The molecule has 0 saturated carbocycles. The van der Waals surface area contributed by atoms with Crippen LogP contribution in [-0.4, -0.2) is 15.8 Å². The molecule has 2 aromatic heterocycles. The van der Waals surface area contributed by atoms with Gasteiger partial charge in [0, 0.05) is 5.39 Å². The molecule has 4 rings (SSSR count). The fourth-order valence-corrected chi connectivity index (χ4v) is 2.57. The van der Waals surface area contributed by atoms with E-state index in [2.05, 4.69) is 5.10 Å². The van der Waals surface area contributed by atoms with Gasteiger partial charge in [0.25, 0.3) is 0 Å². The van der Waals surface area contributed by atoms with Crippen LogP contribution in [0.1, 0.15) is 0 Å². The monoisotopic (exact) mass is 295 g/mol. The van der Waals surface area contributed by atoms with Gasteiger partial charge < -0.3 is 10.2 Å². The van der Waals surface area contributed by atoms with Gasteiger partial charge in [-0.05, 0) is 18.2 Å². The van der Waals surface area contributed by atoms with E-state index in [4.69, 9.17) is 10.2 Å². The van der Waals surface area contributed by atoms with Crippen molar-refractivity contribution in [1.29, 1.82) is 0 Å². The molecule has 4 aromatic rings. The predicted octanol–water partition coefficient (Wildman–Crippen LogP) is 3.52. The average molecular weight is 295 g/mol. The lowest BCUT2D eigenvalue weighted by molar-refractivity contribution is 0.248. The molecule has 2 N–H and O–H groups in total. The number of aromatic nitrogens is 2. The summed E-state index contributed by atoms with van der Waals surface area (Å²) >= 11 is 0. The Morgan fingerprint density at radius 3 is 2.50 bits per heavy atom. The van der Waals surface area contributed by atoms with Crippen molar-refractivity contribution in [3.63, 3.8) is 0 Å². The van der Waals surface area contributed by atoms with Gasteiger partial charge in [0.15, 0.2) is 11.6 Å². The van der Waals surface area contributed by atoms with Gasteiger partial charge in [0.2, 0.25) is 0 Å². The first-order valence-corrected chi connectivity index (χ1v) is 6.62. The molecule has 2 aromatic carbocycles. The highest BCUT2D eigenvalue weighted by molar-refractivity contribution is 5.99. The summed E-state index contributed by atoms with van der Waals surface area (Å²) in [6.07, 6.45) is 0. The number of carbonyl (C=O) groups excluding carboxylic acids is 1. The third kappa shape index (κ3) is 1.64. The van der Waals surface area contributed by atoms with Gasteiger partial charge in [-0.25, -0.2) is 9.18 Å². The van der Waals surface area contributed by atoms with Crippen LogP contribution in [0.4, 0.5) is 9.18 Å². The van der Waals surface area contributed by atoms with Crippen LogP contribution >= 0.6 is 0 Å². The number of primary amides is 1. The summed E-state index contributed by atoms with van der Waals surface area (Å²) in [7, 11) is 0. The predicted molar refractivity (Wildman–Crippen MR) is 79.9 cm³/mol. The Morgan fingerprint density at radius 2 is 1.77 bits per heavy atom. The van der Waals surface area contributed by atoms with Crippen LogP contribution in [0, 0.1) is 5.82 Å². The zero-order chi connectivity index (χ0) is 15.3. The summed E-state index contributed by atoms with van der Waals surface area (Å²) in [5.74, 6) is -0.507. The molecular formula is C16H10FN3O2. The zero-order valence-electron chi connectivity index (χ0n) is 11.3. The largest absolute Gasteiger partial charge is 0.451 e. The first kappa shape index (κ1) is 12.6. The topological polar surface area (TPSA) is 74.1 Å². The Hall–Kier alpha value is -3.15. The Morgan fingerprint density at radius 1 is 1.09 bits per heavy atom. The number of nitrogens with two attached hydrogens (primary N) is 1. The summed E-state index contributed by atoms with van der Waals surface area (Å²) in [6, 6.07) is 13.0. The van der Waals surface area contributed by atoms with Gasteiger partial charge in [-0.3, -0.25) is 0 Å². The van der Waals surface area contributed by atoms with Crippen molar-refractivity contribution >= 4 is 27.9 Å². The van der Waals surface area contributed by atoms with Crippen LogP contribution in [0.2, 0.25) is 0 Å². The third-order valence-electron chi connectivity index (χ3n) is 3.55. The second-order valence-electron chi connectivity index (χ2n) is 4.86. The molecule has 0 unspecified atom stereocenters. The van der Waals surface area contributed by atoms with Gasteiger partial charge >= 0.3 is 6.03 Å². The quantitative estimate of drug-likeness (QED) is 0.584. The van der Waals surface area contributed by atoms with Crippen molar-refractivity contribution in [2.75, 3.05) is 0 Å². The first-order valence-electron chi connectivity index (χ1n) is 6.62. The Labute approximate surface area is 123 Å². The molecule has 22 heavy (non-hydrogen) atoms. The number of amides is 1. The molecule has 0 radical (unpaired) electrons. The fourth-order valence-electron chi connectivity index (χ4n) is 2.57. The Balaban J connectivity index is 2.08. The van der Waals surface area contributed by atoms with Crippen molar-refractivity contribution in [3.05, 3.63) is 54.3 Å². The molecular weight excluding hydrogens is 285 g/mol. The van der Waals surface area contributed by atoms with E-state index < -0.39 is 11.8 Å². The number of benzene rings is 2. The summed E-state index contributed by atoms with van der Waals surface area (Å²) in [5, 5.41) is 5.09. The van der Waals surface area contributed by atoms with Crippen molar-refractivity contribution in [1.82, 2.24) is 9.78 Å². The summed E-state index contributed by atoms with van der Waals surface area (Å²) in [5.41, 5.74) is 6.50. The van der Waals surface area contributed by atoms with Crippen LogP contribution < -0.4 is 5.73 Å². The van der Waals surface area contributed by atoms with E-state index in [0.29, 0.717) is 21.9 Å². The standard InChI is InChI=1S/C16H10FN3O2/c17-13-10-6-2-4-8-12(10)22-15(13)14-9-5-1-3-7-11(9)20(19-14)16(18)21/h1-8H,(H2,18,21). The Kier molecular flexibility index (Phi) is 2.53. The van der Waals surface area contributed by atoms with E-state index in [9.17, 15) is 9.18 Å². The van der Waals surface area contributed by atoms with Crippen LogP contribution in [0.5, 0.6) is 0 Å². The van der Waals surface area contributed by atoms with Crippen molar-refractivity contribution < 1.29 is 13.6 Å². The van der Waals surface area contributed by atoms with Crippen LogP contribution in [0.15, 0.2) is 52.9 Å². The van der Waals surface area contributed by atoms with Gasteiger partial charge in [-0.1, -0.05) is 30.3 Å². The van der Waals surface area contributed by atoms with Gasteiger partial charge in [-0.15, -0.1) is 0 Å². The molecule has 0 bridgehead atoms. The van der Waals surface area contributed by atoms with E-state index in [1.54, 1.807) is 48.5 Å². The van der Waals surface area contributed by atoms with Gasteiger partial charge in [0.1, 0.15) is 11.3 Å². The molecule has 0 aliphatic rings. The number of furan rings is 1. The Bertz CT molecular complexity index is 1030. The molecule has 0 spiro atoms. The minimum absolute atomic E-state index is 0.00241. The molecule has 0 fully saturated rings. The second kappa shape index (κ2) is 4.42. The van der Waals surface area contributed by atoms with Crippen LogP contribution in [-0.2, 0) is 0 Å². The lowest BCUT2D eigenvalue weighted by atomic mass is 10.1. The number of para-hydroxylation sites is 2. The normalized spacial score (nSPS) is 11.3. The minimum atomic E-state index is -0.737. The van der Waals surface area contributed by atoms with E-state index in [-0.39, 0.29) is 11.5 Å². The molecule has 6 heteroatoms. The van der Waals surface area contributed by atoms with E-state index in [1.165, 1.54) is 0 Å². The van der Waals surface area contributed by atoms with Crippen molar-refractivity contribution in [2.24, 2.45) is 5.73 Å². The average Bonchev–Trinajstić information content (AvgIpc) is 3.06. The smallest absolute Gasteiger partial charge is 0.340 e. The molecule has 0 atom stereocenters. The summed E-state index contributed by atoms with van der Waals surface area (Å²) in [4.78, 5) is 11.5. The molecule has 0 saturated heterocycles. The van der Waals surface area contributed by atoms with Gasteiger partial charge in [-0.2, -0.15) is 9.78 Å².